The number of hydrogen-bond donors (Lipinski definition) is 1. The van der Waals surface area contributed by atoms with Crippen molar-refractivity contribution in [3.63, 3.8) is 0 Å². The summed E-state index contributed by atoms with van der Waals surface area (Å²) in [5.41, 5.74) is 0.863. The molecule has 23 heavy (non-hydrogen) atoms. The third-order valence-electron chi connectivity index (χ3n) is 4.68. The average Bonchev–Trinajstić information content (AvgIpc) is 2.61. The highest BCUT2D eigenvalue weighted by Crippen LogP contribution is 2.21. The predicted octanol–water partition coefficient (Wildman–Crippen LogP) is 2.37. The third kappa shape index (κ3) is 4.78. The van der Waals surface area contributed by atoms with Crippen LogP contribution in [0.4, 0.5) is 0 Å². The number of nitrogens with one attached hydrogen (secondary N) is 1. The van der Waals surface area contributed by atoms with E-state index in [-0.39, 0.29) is 23.7 Å². The van der Waals surface area contributed by atoms with E-state index in [1.165, 1.54) is 0 Å². The molecule has 1 aliphatic heterocycles. The normalized spacial score (nSPS) is 15.7. The van der Waals surface area contributed by atoms with Crippen LogP contribution in [0.5, 0.6) is 0 Å². The van der Waals surface area contributed by atoms with E-state index in [1.54, 1.807) is 6.20 Å². The largest absolute Gasteiger partial charge is 0.350 e. The Morgan fingerprint density at radius 3 is 2.52 bits per heavy atom. The second-order valence-electron chi connectivity index (χ2n) is 6.15. The van der Waals surface area contributed by atoms with Crippen LogP contribution >= 0.6 is 0 Å². The summed E-state index contributed by atoms with van der Waals surface area (Å²) in [6.07, 6.45) is 5.00. The smallest absolute Gasteiger partial charge is 0.225 e. The van der Waals surface area contributed by atoms with E-state index in [9.17, 15) is 9.59 Å². The minimum atomic E-state index is 0.00413. The number of hydrogen-bond acceptors (Lipinski definition) is 3. The van der Waals surface area contributed by atoms with Gasteiger partial charge in [0.2, 0.25) is 11.8 Å². The van der Waals surface area contributed by atoms with Crippen LogP contribution in [0.25, 0.3) is 0 Å². The van der Waals surface area contributed by atoms with Crippen molar-refractivity contribution in [2.75, 3.05) is 13.1 Å². The molecule has 1 fully saturated rings. The quantitative estimate of drug-likeness (QED) is 0.876. The Bertz CT molecular complexity index is 506. The molecule has 5 nitrogen and oxygen atoms in total. The highest BCUT2D eigenvalue weighted by molar-refractivity contribution is 5.81. The first-order valence-corrected chi connectivity index (χ1v) is 8.62. The summed E-state index contributed by atoms with van der Waals surface area (Å²) in [6.45, 7) is 5.97. The van der Waals surface area contributed by atoms with Crippen LogP contribution < -0.4 is 5.32 Å². The summed E-state index contributed by atoms with van der Waals surface area (Å²) in [6, 6.07) is 5.67. The summed E-state index contributed by atoms with van der Waals surface area (Å²) in [7, 11) is 0. The molecule has 2 heterocycles. The van der Waals surface area contributed by atoms with Crippen molar-refractivity contribution >= 4 is 11.8 Å². The van der Waals surface area contributed by atoms with Crippen LogP contribution in [0.15, 0.2) is 24.4 Å². The molecule has 0 aliphatic carbocycles. The molecule has 0 radical (unpaired) electrons. The van der Waals surface area contributed by atoms with Gasteiger partial charge in [-0.3, -0.25) is 14.6 Å². The number of amides is 2. The van der Waals surface area contributed by atoms with E-state index < -0.39 is 0 Å². The fraction of sp³-hybridized carbons (Fsp3) is 0.611. The van der Waals surface area contributed by atoms with Gasteiger partial charge in [-0.2, -0.15) is 0 Å². The Hall–Kier alpha value is -1.91. The molecule has 0 aromatic carbocycles. The molecule has 0 atom stereocenters. The molecule has 0 bridgehead atoms. The zero-order valence-corrected chi connectivity index (χ0v) is 14.1. The lowest BCUT2D eigenvalue weighted by atomic mass is 9.93. The van der Waals surface area contributed by atoms with E-state index in [4.69, 9.17) is 0 Å². The van der Waals surface area contributed by atoms with Crippen molar-refractivity contribution in [3.8, 4) is 0 Å². The number of aromatic nitrogens is 1. The first kappa shape index (κ1) is 17.4. The van der Waals surface area contributed by atoms with Crippen molar-refractivity contribution in [1.82, 2.24) is 15.2 Å². The Kier molecular flexibility index (Phi) is 6.56. The van der Waals surface area contributed by atoms with Gasteiger partial charge < -0.3 is 10.2 Å². The van der Waals surface area contributed by atoms with Gasteiger partial charge in [-0.05, 0) is 37.8 Å². The molecule has 0 spiro atoms. The standard InChI is InChI=1S/C18H27N3O2/c1-3-14(4-2)18(23)21-11-8-15(9-12-21)17(22)20-13-16-7-5-6-10-19-16/h5-7,10,14-15H,3-4,8-9,11-13H2,1-2H3,(H,20,22). The maximum Gasteiger partial charge on any atom is 0.225 e. The Balaban J connectivity index is 1.77. The van der Waals surface area contributed by atoms with Crippen LogP contribution in [0.3, 0.4) is 0 Å². The van der Waals surface area contributed by atoms with E-state index >= 15 is 0 Å². The van der Waals surface area contributed by atoms with Gasteiger partial charge in [0.15, 0.2) is 0 Å². The number of rotatable bonds is 6. The van der Waals surface area contributed by atoms with Crippen LogP contribution in [0.1, 0.15) is 45.2 Å². The van der Waals surface area contributed by atoms with Gasteiger partial charge in [0.05, 0.1) is 12.2 Å². The molecule has 5 heteroatoms. The molecule has 2 rings (SSSR count). The molecule has 126 valence electrons. The number of likely N-dealkylation sites (tertiary alicyclic amines) is 1. The van der Waals surface area contributed by atoms with E-state index in [0.717, 1.165) is 31.4 Å². The summed E-state index contributed by atoms with van der Waals surface area (Å²) < 4.78 is 0. The second kappa shape index (κ2) is 8.65. The van der Waals surface area contributed by atoms with Crippen molar-refractivity contribution in [3.05, 3.63) is 30.1 Å². The SMILES string of the molecule is CCC(CC)C(=O)N1CCC(C(=O)NCc2ccccn2)CC1. The zero-order chi connectivity index (χ0) is 16.7. The molecule has 1 N–H and O–H groups in total. The van der Waals surface area contributed by atoms with E-state index in [1.807, 2.05) is 23.1 Å². The summed E-state index contributed by atoms with van der Waals surface area (Å²) in [4.78, 5) is 30.7. The van der Waals surface area contributed by atoms with Crippen LogP contribution in [0.2, 0.25) is 0 Å². The average molecular weight is 317 g/mol. The fourth-order valence-corrected chi connectivity index (χ4v) is 3.08. The maximum absolute atomic E-state index is 12.4. The second-order valence-corrected chi connectivity index (χ2v) is 6.15. The van der Waals surface area contributed by atoms with Gasteiger partial charge in [-0.15, -0.1) is 0 Å². The van der Waals surface area contributed by atoms with Gasteiger partial charge in [0.25, 0.3) is 0 Å². The molecule has 0 saturated carbocycles. The predicted molar refractivity (Wildman–Crippen MR) is 89.5 cm³/mol. The zero-order valence-electron chi connectivity index (χ0n) is 14.1. The number of pyridine rings is 1. The molecule has 1 aliphatic rings. The summed E-state index contributed by atoms with van der Waals surface area (Å²) in [5.74, 6) is 0.460. The van der Waals surface area contributed by atoms with Crippen LogP contribution in [-0.4, -0.2) is 34.8 Å². The number of carbonyl (C=O) groups excluding carboxylic acids is 2. The fourth-order valence-electron chi connectivity index (χ4n) is 3.08. The number of piperidine rings is 1. The molecular weight excluding hydrogens is 290 g/mol. The Morgan fingerprint density at radius 1 is 1.26 bits per heavy atom. The monoisotopic (exact) mass is 317 g/mol. The minimum absolute atomic E-state index is 0.00413. The van der Waals surface area contributed by atoms with Crippen molar-refractivity contribution < 1.29 is 9.59 Å². The third-order valence-corrected chi connectivity index (χ3v) is 4.68. The first-order valence-electron chi connectivity index (χ1n) is 8.62. The van der Waals surface area contributed by atoms with Gasteiger partial charge >= 0.3 is 0 Å². The Morgan fingerprint density at radius 2 is 1.96 bits per heavy atom. The number of carbonyl (C=O) groups is 2. The van der Waals surface area contributed by atoms with Crippen molar-refractivity contribution in [2.45, 2.75) is 46.1 Å². The van der Waals surface area contributed by atoms with Gasteiger partial charge in [0.1, 0.15) is 0 Å². The lowest BCUT2D eigenvalue weighted by molar-refractivity contribution is -0.139. The Labute approximate surface area is 138 Å². The van der Waals surface area contributed by atoms with Gasteiger partial charge in [-0.25, -0.2) is 0 Å². The molecule has 1 aromatic heterocycles. The first-order chi connectivity index (χ1) is 11.2. The van der Waals surface area contributed by atoms with Crippen LogP contribution in [0, 0.1) is 11.8 Å². The van der Waals surface area contributed by atoms with Crippen LogP contribution in [-0.2, 0) is 16.1 Å². The lowest BCUT2D eigenvalue weighted by Crippen LogP contribution is -2.44. The summed E-state index contributed by atoms with van der Waals surface area (Å²) in [5, 5.41) is 2.95. The van der Waals surface area contributed by atoms with Gasteiger partial charge in [0, 0.05) is 31.1 Å². The van der Waals surface area contributed by atoms with E-state index in [2.05, 4.69) is 24.1 Å². The molecular formula is C18H27N3O2. The summed E-state index contributed by atoms with van der Waals surface area (Å²) >= 11 is 0. The number of nitrogens with zero attached hydrogens (tertiary/aromatic N) is 2. The molecule has 2 amide bonds. The molecule has 1 saturated heterocycles. The molecule has 1 aromatic rings. The highest BCUT2D eigenvalue weighted by Gasteiger charge is 2.29. The van der Waals surface area contributed by atoms with Crippen molar-refractivity contribution in [1.29, 1.82) is 0 Å². The lowest BCUT2D eigenvalue weighted by Gasteiger charge is -2.33. The topological polar surface area (TPSA) is 62.3 Å². The van der Waals surface area contributed by atoms with E-state index in [0.29, 0.717) is 19.6 Å². The highest BCUT2D eigenvalue weighted by atomic mass is 16.2. The van der Waals surface area contributed by atoms with Crippen molar-refractivity contribution in [2.24, 2.45) is 11.8 Å². The molecule has 0 unspecified atom stereocenters. The maximum atomic E-state index is 12.4. The minimum Gasteiger partial charge on any atom is -0.350 e. The van der Waals surface area contributed by atoms with Gasteiger partial charge in [-0.1, -0.05) is 19.9 Å².